The topological polar surface area (TPSA) is 146 Å². The molecule has 210 valence electrons. The normalized spacial score (nSPS) is 17.7. The molecule has 39 heavy (non-hydrogen) atoms. The van der Waals surface area contributed by atoms with Gasteiger partial charge in [-0.1, -0.05) is 36.4 Å². The van der Waals surface area contributed by atoms with E-state index in [1.165, 1.54) is 6.92 Å². The van der Waals surface area contributed by atoms with E-state index in [2.05, 4.69) is 28.2 Å². The van der Waals surface area contributed by atoms with Crippen LogP contribution in [0.1, 0.15) is 49.8 Å². The molecule has 0 aliphatic carbocycles. The number of carboxylic acid groups (broad SMARTS) is 1. The number of ether oxygens (including phenoxy) is 1. The highest BCUT2D eigenvalue weighted by molar-refractivity contribution is 5.93. The number of hydrogen-bond acceptors (Lipinski definition) is 6. The molecule has 1 heterocycles. The number of rotatable bonds is 14. The SMILES string of the molecule is CC(=O)N[C@@H](CC(=O)O)C(=O)N[C@@H](CCc1ccccc1)C(=O)NCc1cc(OCC2(C)CCN2)ccc1C. The van der Waals surface area contributed by atoms with Crippen molar-refractivity contribution in [2.24, 2.45) is 0 Å². The van der Waals surface area contributed by atoms with Gasteiger partial charge in [0.15, 0.2) is 0 Å². The van der Waals surface area contributed by atoms with Crippen molar-refractivity contribution in [2.75, 3.05) is 13.2 Å². The highest BCUT2D eigenvalue weighted by Crippen LogP contribution is 2.22. The van der Waals surface area contributed by atoms with Crippen molar-refractivity contribution in [1.82, 2.24) is 21.3 Å². The highest BCUT2D eigenvalue weighted by atomic mass is 16.5. The number of nitrogens with one attached hydrogen (secondary N) is 4. The van der Waals surface area contributed by atoms with Crippen LogP contribution < -0.4 is 26.0 Å². The lowest BCUT2D eigenvalue weighted by Gasteiger charge is -2.39. The first kappa shape index (κ1) is 29.6. The van der Waals surface area contributed by atoms with Gasteiger partial charge in [0.05, 0.1) is 12.0 Å². The van der Waals surface area contributed by atoms with Crippen LogP contribution in [-0.2, 0) is 32.1 Å². The molecule has 3 amide bonds. The number of carbonyl (C=O) groups excluding carboxylic acids is 3. The summed E-state index contributed by atoms with van der Waals surface area (Å²) in [7, 11) is 0. The van der Waals surface area contributed by atoms with E-state index in [0.717, 1.165) is 29.7 Å². The molecular formula is C29H38N4O6. The van der Waals surface area contributed by atoms with Crippen LogP contribution >= 0.6 is 0 Å². The van der Waals surface area contributed by atoms with Crippen molar-refractivity contribution >= 4 is 23.7 Å². The molecule has 0 saturated carbocycles. The Bertz CT molecular complexity index is 1150. The van der Waals surface area contributed by atoms with Gasteiger partial charge in [0, 0.05) is 13.5 Å². The molecule has 0 aromatic heterocycles. The maximum atomic E-state index is 13.3. The fraction of sp³-hybridized carbons (Fsp3) is 0.448. The van der Waals surface area contributed by atoms with E-state index in [9.17, 15) is 24.3 Å². The molecule has 0 radical (unpaired) electrons. The van der Waals surface area contributed by atoms with Crippen molar-refractivity contribution in [3.05, 3.63) is 65.2 Å². The van der Waals surface area contributed by atoms with E-state index < -0.39 is 42.2 Å². The summed E-state index contributed by atoms with van der Waals surface area (Å²) in [5, 5.41) is 20.4. The van der Waals surface area contributed by atoms with Crippen molar-refractivity contribution < 1.29 is 29.0 Å². The Hall–Kier alpha value is -3.92. The van der Waals surface area contributed by atoms with E-state index in [-0.39, 0.29) is 18.5 Å². The molecule has 1 saturated heterocycles. The Balaban J connectivity index is 1.68. The second-order valence-corrected chi connectivity index (χ2v) is 10.3. The minimum absolute atomic E-state index is 0.0286. The van der Waals surface area contributed by atoms with Crippen LogP contribution in [-0.4, -0.2) is 59.6 Å². The molecule has 1 aliphatic rings. The predicted octanol–water partition coefficient (Wildman–Crippen LogP) is 1.84. The van der Waals surface area contributed by atoms with Crippen LogP contribution in [0, 0.1) is 6.92 Å². The van der Waals surface area contributed by atoms with Crippen molar-refractivity contribution in [1.29, 1.82) is 0 Å². The number of aliphatic carboxylic acids is 1. The zero-order valence-corrected chi connectivity index (χ0v) is 22.7. The largest absolute Gasteiger partial charge is 0.492 e. The Morgan fingerprint density at radius 2 is 1.77 bits per heavy atom. The molecule has 1 fully saturated rings. The monoisotopic (exact) mass is 538 g/mol. The zero-order chi connectivity index (χ0) is 28.4. The Morgan fingerprint density at radius 1 is 1.05 bits per heavy atom. The minimum atomic E-state index is -1.30. The number of carboxylic acids is 1. The summed E-state index contributed by atoms with van der Waals surface area (Å²) < 4.78 is 5.98. The molecule has 2 aromatic rings. The quantitative estimate of drug-likeness (QED) is 0.247. The second-order valence-electron chi connectivity index (χ2n) is 10.3. The molecule has 1 aliphatic heterocycles. The van der Waals surface area contributed by atoms with Gasteiger partial charge >= 0.3 is 5.97 Å². The molecule has 10 nitrogen and oxygen atoms in total. The van der Waals surface area contributed by atoms with Crippen molar-refractivity contribution in [2.45, 2.75) is 70.6 Å². The average Bonchev–Trinajstić information content (AvgIpc) is 2.88. The number of hydrogen-bond donors (Lipinski definition) is 5. The highest BCUT2D eigenvalue weighted by Gasteiger charge is 2.32. The van der Waals surface area contributed by atoms with Gasteiger partial charge < -0.3 is 31.1 Å². The van der Waals surface area contributed by atoms with Crippen LogP contribution in [0.4, 0.5) is 0 Å². The van der Waals surface area contributed by atoms with Crippen molar-refractivity contribution in [3.63, 3.8) is 0 Å². The van der Waals surface area contributed by atoms with Crippen LogP contribution in [0.25, 0.3) is 0 Å². The Morgan fingerprint density at radius 3 is 2.38 bits per heavy atom. The standard InChI is InChI=1S/C29H38N4O6/c1-19-9-11-23(39-18-29(3)13-14-31-29)15-22(19)17-30-27(37)24(12-10-21-7-5-4-6-8-21)33-28(38)25(16-26(35)36)32-20(2)34/h4-9,11,15,24-25,31H,10,12-14,16-18H2,1-3H3,(H,30,37)(H,32,34)(H,33,38)(H,35,36)/t24-,25-,29?/m0/s1. The van der Waals surface area contributed by atoms with Gasteiger partial charge in [0.25, 0.3) is 0 Å². The van der Waals surface area contributed by atoms with Crippen LogP contribution in [0.2, 0.25) is 0 Å². The van der Waals surface area contributed by atoms with Crippen LogP contribution in [0.15, 0.2) is 48.5 Å². The summed E-state index contributed by atoms with van der Waals surface area (Å²) >= 11 is 0. The van der Waals surface area contributed by atoms with E-state index in [4.69, 9.17) is 4.74 Å². The molecule has 3 atom stereocenters. The van der Waals surface area contributed by atoms with Gasteiger partial charge in [-0.05, 0) is 68.5 Å². The van der Waals surface area contributed by atoms with E-state index in [1.807, 2.05) is 55.5 Å². The zero-order valence-electron chi connectivity index (χ0n) is 22.7. The lowest BCUT2D eigenvalue weighted by molar-refractivity contribution is -0.140. The van der Waals surface area contributed by atoms with Gasteiger partial charge in [-0.15, -0.1) is 0 Å². The van der Waals surface area contributed by atoms with Crippen LogP contribution in [0.3, 0.4) is 0 Å². The molecule has 1 unspecified atom stereocenters. The molecular weight excluding hydrogens is 500 g/mol. The van der Waals surface area contributed by atoms with Gasteiger partial charge in [-0.3, -0.25) is 19.2 Å². The van der Waals surface area contributed by atoms with E-state index >= 15 is 0 Å². The molecule has 0 bridgehead atoms. The third-order valence-corrected chi connectivity index (χ3v) is 6.83. The minimum Gasteiger partial charge on any atom is -0.492 e. The third-order valence-electron chi connectivity index (χ3n) is 6.83. The summed E-state index contributed by atoms with van der Waals surface area (Å²) in [5.41, 5.74) is 2.82. The molecule has 5 N–H and O–H groups in total. The number of benzene rings is 2. The van der Waals surface area contributed by atoms with Crippen molar-refractivity contribution in [3.8, 4) is 5.75 Å². The van der Waals surface area contributed by atoms with Crippen LogP contribution in [0.5, 0.6) is 5.75 Å². The molecule has 0 spiro atoms. The van der Waals surface area contributed by atoms with E-state index in [1.54, 1.807) is 0 Å². The lowest BCUT2D eigenvalue weighted by atomic mass is 9.91. The summed E-state index contributed by atoms with van der Waals surface area (Å²) in [4.78, 5) is 49.0. The summed E-state index contributed by atoms with van der Waals surface area (Å²) in [6.07, 6.45) is 1.25. The maximum Gasteiger partial charge on any atom is 0.305 e. The second kappa shape index (κ2) is 13.7. The smallest absolute Gasteiger partial charge is 0.305 e. The summed E-state index contributed by atoms with van der Waals surface area (Å²) in [5.74, 6) is -2.21. The van der Waals surface area contributed by atoms with Gasteiger partial charge in [0.1, 0.15) is 24.4 Å². The third kappa shape index (κ3) is 9.40. The first-order valence-corrected chi connectivity index (χ1v) is 13.1. The first-order chi connectivity index (χ1) is 18.5. The van der Waals surface area contributed by atoms with Gasteiger partial charge in [0.2, 0.25) is 17.7 Å². The number of aryl methyl sites for hydroxylation is 2. The average molecular weight is 539 g/mol. The Labute approximate surface area is 228 Å². The number of carbonyl (C=O) groups is 4. The van der Waals surface area contributed by atoms with Gasteiger partial charge in [-0.2, -0.15) is 0 Å². The maximum absolute atomic E-state index is 13.3. The summed E-state index contributed by atoms with van der Waals surface area (Å²) in [6, 6.07) is 13.0. The molecule has 3 rings (SSSR count). The Kier molecular flexibility index (Phi) is 10.4. The number of amides is 3. The summed E-state index contributed by atoms with van der Waals surface area (Å²) in [6.45, 7) is 7.00. The fourth-order valence-corrected chi connectivity index (χ4v) is 4.28. The van der Waals surface area contributed by atoms with E-state index in [0.29, 0.717) is 18.8 Å². The predicted molar refractivity (Wildman–Crippen MR) is 146 cm³/mol. The van der Waals surface area contributed by atoms with Gasteiger partial charge in [-0.25, -0.2) is 0 Å². The molecule has 2 aromatic carbocycles. The lowest BCUT2D eigenvalue weighted by Crippen LogP contribution is -2.58. The molecule has 10 heteroatoms. The first-order valence-electron chi connectivity index (χ1n) is 13.1. The fourth-order valence-electron chi connectivity index (χ4n) is 4.28.